The maximum atomic E-state index is 13.5. The largest absolute Gasteiger partial charge is 0.467 e. The van der Waals surface area contributed by atoms with Crippen molar-refractivity contribution in [1.29, 1.82) is 0 Å². The van der Waals surface area contributed by atoms with Crippen LogP contribution in [0.2, 0.25) is 0 Å². The first-order chi connectivity index (χ1) is 14.8. The van der Waals surface area contributed by atoms with E-state index >= 15 is 0 Å². The first kappa shape index (κ1) is 24.7. The number of alkyl carbamates (subject to hydrolysis) is 1. The van der Waals surface area contributed by atoms with Gasteiger partial charge < -0.3 is 20.1 Å². The van der Waals surface area contributed by atoms with Crippen molar-refractivity contribution in [2.75, 3.05) is 13.7 Å². The van der Waals surface area contributed by atoms with Crippen LogP contribution < -0.4 is 10.6 Å². The molecule has 1 atom stereocenters. The van der Waals surface area contributed by atoms with E-state index in [0.29, 0.717) is 5.69 Å². The number of halogens is 3. The molecule has 12 heteroatoms. The number of carbonyl (C=O) groups excluding carboxylic acids is 3. The second-order valence-corrected chi connectivity index (χ2v) is 7.60. The number of hydrogen-bond donors (Lipinski definition) is 2. The molecule has 0 radical (unpaired) electrons. The van der Waals surface area contributed by atoms with Gasteiger partial charge in [-0.2, -0.15) is 18.3 Å². The summed E-state index contributed by atoms with van der Waals surface area (Å²) >= 11 is 0. The van der Waals surface area contributed by atoms with Crippen LogP contribution in [0, 0.1) is 0 Å². The van der Waals surface area contributed by atoms with Gasteiger partial charge in [0, 0.05) is 6.20 Å². The van der Waals surface area contributed by atoms with Crippen LogP contribution in [0.5, 0.6) is 0 Å². The molecule has 0 saturated heterocycles. The van der Waals surface area contributed by atoms with Crippen molar-refractivity contribution in [2.45, 2.75) is 38.6 Å². The second-order valence-electron chi connectivity index (χ2n) is 7.60. The monoisotopic (exact) mass is 456 g/mol. The SMILES string of the molecule is COC(=O)[C@H](CNC(=O)OC(C)(C)C)NC(=O)c1cn(-c2ccccc2)nc1C(F)(F)F. The molecule has 0 saturated carbocycles. The van der Waals surface area contributed by atoms with Gasteiger partial charge in [-0.05, 0) is 32.9 Å². The molecule has 1 aromatic carbocycles. The molecule has 2 N–H and O–H groups in total. The number of rotatable bonds is 6. The van der Waals surface area contributed by atoms with Crippen LogP contribution in [-0.4, -0.2) is 53.0 Å². The Bertz CT molecular complexity index is 968. The summed E-state index contributed by atoms with van der Waals surface area (Å²) in [4.78, 5) is 36.5. The van der Waals surface area contributed by atoms with E-state index in [1.165, 1.54) is 12.1 Å². The van der Waals surface area contributed by atoms with E-state index < -0.39 is 53.6 Å². The minimum atomic E-state index is -4.93. The molecule has 0 fully saturated rings. The lowest BCUT2D eigenvalue weighted by atomic mass is 10.2. The molecule has 0 spiro atoms. The van der Waals surface area contributed by atoms with E-state index in [1.807, 2.05) is 0 Å². The zero-order valence-corrected chi connectivity index (χ0v) is 17.8. The Morgan fingerprint density at radius 1 is 1.12 bits per heavy atom. The fourth-order valence-electron chi connectivity index (χ4n) is 2.53. The molecular weight excluding hydrogens is 433 g/mol. The predicted octanol–water partition coefficient (Wildman–Crippen LogP) is 2.69. The smallest absolute Gasteiger partial charge is 0.435 e. The average Bonchev–Trinajstić information content (AvgIpc) is 3.16. The molecule has 2 amide bonds. The number of benzene rings is 1. The second kappa shape index (κ2) is 9.71. The van der Waals surface area contributed by atoms with Crippen molar-refractivity contribution in [3.63, 3.8) is 0 Å². The fourth-order valence-corrected chi connectivity index (χ4v) is 2.53. The summed E-state index contributed by atoms with van der Waals surface area (Å²) in [5.41, 5.74) is -2.75. The predicted molar refractivity (Wildman–Crippen MR) is 106 cm³/mol. The summed E-state index contributed by atoms with van der Waals surface area (Å²) in [6, 6.07) is 6.41. The van der Waals surface area contributed by atoms with Gasteiger partial charge in [0.2, 0.25) is 0 Å². The Hall–Kier alpha value is -3.57. The Balaban J connectivity index is 2.26. The number of aromatic nitrogens is 2. The van der Waals surface area contributed by atoms with Gasteiger partial charge in [0.1, 0.15) is 11.6 Å². The summed E-state index contributed by atoms with van der Waals surface area (Å²) in [6.45, 7) is 4.39. The van der Waals surface area contributed by atoms with Crippen molar-refractivity contribution in [1.82, 2.24) is 20.4 Å². The molecule has 32 heavy (non-hydrogen) atoms. The first-order valence-corrected chi connectivity index (χ1v) is 9.39. The third-order valence-electron chi connectivity index (χ3n) is 3.89. The van der Waals surface area contributed by atoms with E-state index in [0.717, 1.165) is 18.0 Å². The number of para-hydroxylation sites is 1. The number of amides is 2. The molecule has 174 valence electrons. The van der Waals surface area contributed by atoms with Crippen LogP contribution in [0.25, 0.3) is 5.69 Å². The van der Waals surface area contributed by atoms with Crippen molar-refractivity contribution in [3.05, 3.63) is 47.8 Å². The van der Waals surface area contributed by atoms with Crippen LogP contribution in [-0.2, 0) is 20.4 Å². The third kappa shape index (κ3) is 6.72. The summed E-state index contributed by atoms with van der Waals surface area (Å²) in [5, 5.41) is 7.89. The quantitative estimate of drug-likeness (QED) is 0.647. The van der Waals surface area contributed by atoms with Gasteiger partial charge in [0.25, 0.3) is 5.91 Å². The number of nitrogens with zero attached hydrogens (tertiary/aromatic N) is 2. The highest BCUT2D eigenvalue weighted by Gasteiger charge is 2.40. The number of hydrogen-bond acceptors (Lipinski definition) is 6. The Morgan fingerprint density at radius 3 is 2.28 bits per heavy atom. The van der Waals surface area contributed by atoms with Crippen molar-refractivity contribution >= 4 is 18.0 Å². The van der Waals surface area contributed by atoms with Crippen LogP contribution in [0.4, 0.5) is 18.0 Å². The number of ether oxygens (including phenoxy) is 2. The molecule has 0 aliphatic carbocycles. The van der Waals surface area contributed by atoms with Gasteiger partial charge in [-0.25, -0.2) is 14.3 Å². The Labute approximate surface area is 181 Å². The topological polar surface area (TPSA) is 112 Å². The standard InChI is InChI=1S/C20H23F3N4O5/c1-19(2,3)32-18(30)24-10-14(17(29)31-4)25-16(28)13-11-27(12-8-6-5-7-9-12)26-15(13)20(21,22)23/h5-9,11,14H,10H2,1-4H3,(H,24,30)(H,25,28)/t14-/m0/s1. The Kier molecular flexibility index (Phi) is 7.49. The van der Waals surface area contributed by atoms with E-state index in [2.05, 4.69) is 20.5 Å². The molecule has 0 unspecified atom stereocenters. The van der Waals surface area contributed by atoms with Gasteiger partial charge in [-0.15, -0.1) is 0 Å². The normalized spacial score (nSPS) is 12.6. The van der Waals surface area contributed by atoms with E-state index in [9.17, 15) is 27.6 Å². The molecule has 0 aliphatic rings. The summed E-state index contributed by atoms with van der Waals surface area (Å²) < 4.78 is 51.0. The average molecular weight is 456 g/mol. The fraction of sp³-hybridized carbons (Fsp3) is 0.400. The molecular formula is C20H23F3N4O5. The molecule has 0 bridgehead atoms. The van der Waals surface area contributed by atoms with Crippen molar-refractivity contribution < 1.29 is 37.0 Å². The lowest BCUT2D eigenvalue weighted by Crippen LogP contribution is -2.49. The Morgan fingerprint density at radius 2 is 1.75 bits per heavy atom. The van der Waals surface area contributed by atoms with Gasteiger partial charge in [0.05, 0.1) is 24.9 Å². The molecule has 2 rings (SSSR count). The minimum Gasteiger partial charge on any atom is -0.467 e. The van der Waals surface area contributed by atoms with Crippen LogP contribution in [0.3, 0.4) is 0 Å². The summed E-state index contributed by atoms with van der Waals surface area (Å²) in [6.07, 6.45) is -4.90. The van der Waals surface area contributed by atoms with E-state index in [1.54, 1.807) is 39.0 Å². The molecule has 1 aromatic heterocycles. The number of carbonyl (C=O) groups is 3. The van der Waals surface area contributed by atoms with Crippen LogP contribution in [0.1, 0.15) is 36.8 Å². The minimum absolute atomic E-state index is 0.299. The van der Waals surface area contributed by atoms with Crippen molar-refractivity contribution in [3.8, 4) is 5.69 Å². The maximum absolute atomic E-state index is 13.5. The molecule has 1 heterocycles. The number of alkyl halides is 3. The number of nitrogens with one attached hydrogen (secondary N) is 2. The highest BCUT2D eigenvalue weighted by Crippen LogP contribution is 2.31. The zero-order chi connectivity index (χ0) is 24.1. The van der Waals surface area contributed by atoms with Crippen molar-refractivity contribution in [2.24, 2.45) is 0 Å². The third-order valence-corrected chi connectivity index (χ3v) is 3.89. The lowest BCUT2D eigenvalue weighted by Gasteiger charge is -2.21. The van der Waals surface area contributed by atoms with Crippen LogP contribution in [0.15, 0.2) is 36.5 Å². The van der Waals surface area contributed by atoms with Gasteiger partial charge in [-0.1, -0.05) is 18.2 Å². The van der Waals surface area contributed by atoms with Crippen LogP contribution >= 0.6 is 0 Å². The summed E-state index contributed by atoms with van der Waals surface area (Å²) in [5.74, 6) is -2.20. The van der Waals surface area contributed by atoms with Gasteiger partial charge in [-0.3, -0.25) is 4.79 Å². The lowest BCUT2D eigenvalue weighted by molar-refractivity contribution is -0.142. The highest BCUT2D eigenvalue weighted by molar-refractivity contribution is 5.98. The van der Waals surface area contributed by atoms with Gasteiger partial charge in [0.15, 0.2) is 5.69 Å². The van der Waals surface area contributed by atoms with Gasteiger partial charge >= 0.3 is 18.2 Å². The number of esters is 1. The molecule has 2 aromatic rings. The molecule has 9 nitrogen and oxygen atoms in total. The number of methoxy groups -OCH3 is 1. The molecule has 0 aliphatic heterocycles. The first-order valence-electron chi connectivity index (χ1n) is 9.39. The van der Waals surface area contributed by atoms with E-state index in [-0.39, 0.29) is 0 Å². The van der Waals surface area contributed by atoms with E-state index in [4.69, 9.17) is 4.74 Å². The maximum Gasteiger partial charge on any atom is 0.435 e. The zero-order valence-electron chi connectivity index (χ0n) is 17.8. The highest BCUT2D eigenvalue weighted by atomic mass is 19.4. The summed E-state index contributed by atoms with van der Waals surface area (Å²) in [7, 11) is 1.03.